The highest BCUT2D eigenvalue weighted by atomic mass is 16.7. The van der Waals surface area contributed by atoms with Gasteiger partial charge in [-0.05, 0) is 72.9 Å². The Morgan fingerprint density at radius 2 is 1.39 bits per heavy atom. The number of fused-ring (bicyclic) bond motifs is 1. The summed E-state index contributed by atoms with van der Waals surface area (Å²) in [5.74, 6) is 2.26. The molecule has 1 aliphatic heterocycles. The quantitative estimate of drug-likeness (QED) is 0.614. The Morgan fingerprint density at radius 3 is 2.04 bits per heavy atom. The van der Waals surface area contributed by atoms with Gasteiger partial charge in [-0.2, -0.15) is 0 Å². The molecule has 2 aliphatic carbocycles. The second-order valence-corrected chi connectivity index (χ2v) is 8.82. The monoisotopic (exact) mass is 377 g/mol. The standard InChI is InChI=1S/C25H31NO2/c1-3-7-21(8-4-1)25(22-9-5-2-6-10-22)23-17-20(19-13-15-26-16-14-19)11-12-24(23)27-18-28-25/h11-17,21-22H,1-10,18H2. The minimum absolute atomic E-state index is 0.169. The Labute approximate surface area is 168 Å². The van der Waals surface area contributed by atoms with E-state index in [0.29, 0.717) is 18.6 Å². The Balaban J connectivity index is 1.63. The third-order valence-corrected chi connectivity index (χ3v) is 7.35. The van der Waals surface area contributed by atoms with Crippen molar-refractivity contribution in [3.8, 4) is 16.9 Å². The van der Waals surface area contributed by atoms with Crippen LogP contribution in [-0.4, -0.2) is 11.8 Å². The van der Waals surface area contributed by atoms with Crippen molar-refractivity contribution in [3.05, 3.63) is 48.3 Å². The predicted octanol–water partition coefficient (Wildman–Crippen LogP) is 6.47. The number of benzene rings is 1. The van der Waals surface area contributed by atoms with E-state index in [1.807, 2.05) is 12.4 Å². The highest BCUT2D eigenvalue weighted by Crippen LogP contribution is 2.55. The molecule has 2 fully saturated rings. The van der Waals surface area contributed by atoms with Crippen LogP contribution in [0.3, 0.4) is 0 Å². The minimum Gasteiger partial charge on any atom is -0.467 e. The summed E-state index contributed by atoms with van der Waals surface area (Å²) in [7, 11) is 0. The lowest BCUT2D eigenvalue weighted by atomic mass is 9.63. The normalized spacial score (nSPS) is 23.0. The smallest absolute Gasteiger partial charge is 0.190 e. The van der Waals surface area contributed by atoms with E-state index in [0.717, 1.165) is 5.75 Å². The molecule has 0 amide bonds. The van der Waals surface area contributed by atoms with E-state index in [1.165, 1.54) is 80.9 Å². The third-order valence-electron chi connectivity index (χ3n) is 7.35. The minimum atomic E-state index is -0.169. The number of aromatic nitrogens is 1. The average molecular weight is 378 g/mol. The fraction of sp³-hybridized carbons (Fsp3) is 0.560. The maximum absolute atomic E-state index is 6.73. The summed E-state index contributed by atoms with van der Waals surface area (Å²) < 4.78 is 12.7. The van der Waals surface area contributed by atoms with E-state index in [1.54, 1.807) is 0 Å². The van der Waals surface area contributed by atoms with Gasteiger partial charge in [0.1, 0.15) is 11.4 Å². The molecule has 3 nitrogen and oxygen atoms in total. The Morgan fingerprint density at radius 1 is 0.750 bits per heavy atom. The number of hydrogen-bond donors (Lipinski definition) is 0. The van der Waals surface area contributed by atoms with Crippen molar-refractivity contribution in [2.45, 2.75) is 69.8 Å². The number of rotatable bonds is 3. The molecule has 0 N–H and O–H groups in total. The molecule has 2 saturated carbocycles. The van der Waals surface area contributed by atoms with E-state index < -0.39 is 0 Å². The van der Waals surface area contributed by atoms with Crippen LogP contribution in [0.4, 0.5) is 0 Å². The van der Waals surface area contributed by atoms with Gasteiger partial charge in [-0.1, -0.05) is 44.6 Å². The lowest BCUT2D eigenvalue weighted by Gasteiger charge is -2.51. The molecule has 0 unspecified atom stereocenters. The van der Waals surface area contributed by atoms with Gasteiger partial charge in [0, 0.05) is 18.0 Å². The zero-order valence-electron chi connectivity index (χ0n) is 16.7. The molecule has 0 spiro atoms. The number of ether oxygens (including phenoxy) is 2. The SMILES string of the molecule is c1cc(-c2ccc3c(c2)C(C2CCCCC2)(C2CCCCC2)OCO3)ccn1. The summed E-state index contributed by atoms with van der Waals surface area (Å²) >= 11 is 0. The van der Waals surface area contributed by atoms with Crippen molar-refractivity contribution in [1.82, 2.24) is 4.98 Å². The summed E-state index contributed by atoms with van der Waals surface area (Å²) in [5.41, 5.74) is 3.60. The molecule has 3 heteroatoms. The molecule has 148 valence electrons. The molecule has 1 aromatic heterocycles. The van der Waals surface area contributed by atoms with E-state index >= 15 is 0 Å². The first kappa shape index (κ1) is 18.2. The fourth-order valence-electron chi connectivity index (χ4n) is 6.03. The molecule has 0 radical (unpaired) electrons. The molecule has 0 bridgehead atoms. The molecule has 2 heterocycles. The Kier molecular flexibility index (Phi) is 5.11. The zero-order valence-corrected chi connectivity index (χ0v) is 16.7. The summed E-state index contributed by atoms with van der Waals surface area (Å²) in [5, 5.41) is 0. The predicted molar refractivity (Wildman–Crippen MR) is 111 cm³/mol. The summed E-state index contributed by atoms with van der Waals surface area (Å²) in [4.78, 5) is 4.18. The number of hydrogen-bond acceptors (Lipinski definition) is 3. The molecule has 1 aromatic carbocycles. The van der Waals surface area contributed by atoms with Crippen LogP contribution in [0.2, 0.25) is 0 Å². The van der Waals surface area contributed by atoms with Gasteiger partial charge in [-0.15, -0.1) is 0 Å². The van der Waals surface area contributed by atoms with Gasteiger partial charge in [0.25, 0.3) is 0 Å². The molecular weight excluding hydrogens is 346 g/mol. The Bertz CT molecular complexity index is 773. The van der Waals surface area contributed by atoms with E-state index in [-0.39, 0.29) is 5.60 Å². The van der Waals surface area contributed by atoms with E-state index in [4.69, 9.17) is 9.47 Å². The maximum atomic E-state index is 6.73. The van der Waals surface area contributed by atoms with Gasteiger partial charge >= 0.3 is 0 Å². The number of nitrogens with zero attached hydrogens (tertiary/aromatic N) is 1. The van der Waals surface area contributed by atoms with Gasteiger partial charge in [-0.25, -0.2) is 0 Å². The lowest BCUT2D eigenvalue weighted by molar-refractivity contribution is -0.202. The van der Waals surface area contributed by atoms with Gasteiger partial charge in [0.05, 0.1) is 0 Å². The van der Waals surface area contributed by atoms with Gasteiger partial charge in [0.2, 0.25) is 0 Å². The van der Waals surface area contributed by atoms with Crippen molar-refractivity contribution in [2.24, 2.45) is 11.8 Å². The maximum Gasteiger partial charge on any atom is 0.190 e. The summed E-state index contributed by atoms with van der Waals surface area (Å²) in [6.45, 7) is 0.397. The second kappa shape index (κ2) is 7.87. The first-order chi connectivity index (χ1) is 13.9. The molecule has 2 aromatic rings. The van der Waals surface area contributed by atoms with Crippen LogP contribution in [0.1, 0.15) is 69.8 Å². The first-order valence-electron chi connectivity index (χ1n) is 11.2. The number of pyridine rings is 1. The van der Waals surface area contributed by atoms with E-state index in [2.05, 4.69) is 35.3 Å². The average Bonchev–Trinajstić information content (AvgIpc) is 2.80. The van der Waals surface area contributed by atoms with Crippen LogP contribution < -0.4 is 4.74 Å². The van der Waals surface area contributed by atoms with Crippen molar-refractivity contribution < 1.29 is 9.47 Å². The van der Waals surface area contributed by atoms with E-state index in [9.17, 15) is 0 Å². The van der Waals surface area contributed by atoms with Gasteiger partial charge in [0.15, 0.2) is 6.79 Å². The van der Waals surface area contributed by atoms with Gasteiger partial charge < -0.3 is 9.47 Å². The first-order valence-corrected chi connectivity index (χ1v) is 11.2. The third kappa shape index (κ3) is 3.14. The zero-order chi connectivity index (χ0) is 18.8. The summed E-state index contributed by atoms with van der Waals surface area (Å²) in [6.07, 6.45) is 17.0. The van der Waals surface area contributed by atoms with Crippen molar-refractivity contribution >= 4 is 0 Å². The highest BCUT2D eigenvalue weighted by molar-refractivity contribution is 5.66. The second-order valence-electron chi connectivity index (χ2n) is 8.82. The van der Waals surface area contributed by atoms with Crippen LogP contribution in [0.25, 0.3) is 11.1 Å². The largest absolute Gasteiger partial charge is 0.467 e. The van der Waals surface area contributed by atoms with Gasteiger partial charge in [-0.3, -0.25) is 4.98 Å². The molecule has 3 aliphatic rings. The van der Waals surface area contributed by atoms with Crippen LogP contribution in [0.15, 0.2) is 42.7 Å². The van der Waals surface area contributed by atoms with Crippen LogP contribution in [0.5, 0.6) is 5.75 Å². The Hall–Kier alpha value is -1.87. The van der Waals surface area contributed by atoms with Crippen LogP contribution >= 0.6 is 0 Å². The fourth-order valence-corrected chi connectivity index (χ4v) is 6.03. The van der Waals surface area contributed by atoms with Crippen molar-refractivity contribution in [3.63, 3.8) is 0 Å². The molecule has 0 atom stereocenters. The molecule has 28 heavy (non-hydrogen) atoms. The van der Waals surface area contributed by atoms with Crippen molar-refractivity contribution in [2.75, 3.05) is 6.79 Å². The van der Waals surface area contributed by atoms with Crippen molar-refractivity contribution in [1.29, 1.82) is 0 Å². The molecular formula is C25H31NO2. The highest BCUT2D eigenvalue weighted by Gasteiger charge is 2.51. The molecule has 0 saturated heterocycles. The lowest BCUT2D eigenvalue weighted by Crippen LogP contribution is -2.49. The van der Waals surface area contributed by atoms with Crippen LogP contribution in [0, 0.1) is 11.8 Å². The van der Waals surface area contributed by atoms with Crippen LogP contribution in [-0.2, 0) is 10.3 Å². The topological polar surface area (TPSA) is 31.4 Å². The molecule has 5 rings (SSSR count). The summed E-state index contributed by atoms with van der Waals surface area (Å²) in [6, 6.07) is 10.9.